The van der Waals surface area contributed by atoms with Gasteiger partial charge in [-0.05, 0) is 36.6 Å². The van der Waals surface area contributed by atoms with Crippen molar-refractivity contribution in [3.63, 3.8) is 0 Å². The van der Waals surface area contributed by atoms with Crippen LogP contribution in [0.15, 0.2) is 30.4 Å². The lowest BCUT2D eigenvalue weighted by Crippen LogP contribution is -2.52. The van der Waals surface area contributed by atoms with E-state index in [4.69, 9.17) is 9.47 Å². The molecule has 122 valence electrons. The number of aliphatic hydroxyl groups is 1. The summed E-state index contributed by atoms with van der Waals surface area (Å²) in [7, 11) is 1.27. The normalized spacial score (nSPS) is 28.5. The van der Waals surface area contributed by atoms with Crippen LogP contribution in [0.1, 0.15) is 23.2 Å². The van der Waals surface area contributed by atoms with Gasteiger partial charge in [0.2, 0.25) is 5.78 Å². The van der Waals surface area contributed by atoms with Crippen molar-refractivity contribution in [2.45, 2.75) is 18.4 Å². The van der Waals surface area contributed by atoms with E-state index in [1.807, 2.05) is 0 Å². The molecule has 3 atom stereocenters. The van der Waals surface area contributed by atoms with Gasteiger partial charge in [-0.1, -0.05) is 6.58 Å². The van der Waals surface area contributed by atoms with E-state index >= 15 is 0 Å². The minimum Gasteiger partial charge on any atom is -0.508 e. The van der Waals surface area contributed by atoms with Crippen LogP contribution < -0.4 is 4.74 Å². The van der Waals surface area contributed by atoms with Crippen LogP contribution in [0.2, 0.25) is 0 Å². The van der Waals surface area contributed by atoms with Gasteiger partial charge in [-0.3, -0.25) is 9.59 Å². The van der Waals surface area contributed by atoms with Crippen LogP contribution in [-0.4, -0.2) is 41.3 Å². The molecule has 0 aromatic heterocycles. The highest BCUT2D eigenvalue weighted by molar-refractivity contribution is 6.10. The van der Waals surface area contributed by atoms with Crippen LogP contribution >= 0.6 is 0 Å². The topological polar surface area (TPSA) is 93.1 Å². The fourth-order valence-electron chi connectivity index (χ4n) is 3.74. The number of ether oxygens (including phenoxy) is 2. The Morgan fingerprint density at radius 1 is 1.43 bits per heavy atom. The molecule has 2 aliphatic rings. The number of ketones is 1. The van der Waals surface area contributed by atoms with Gasteiger partial charge in [0.15, 0.2) is 5.60 Å². The van der Waals surface area contributed by atoms with Crippen molar-refractivity contribution in [3.8, 4) is 11.5 Å². The van der Waals surface area contributed by atoms with Crippen molar-refractivity contribution in [2.75, 3.05) is 13.7 Å². The van der Waals surface area contributed by atoms with Gasteiger partial charge in [0.05, 0.1) is 19.3 Å². The monoisotopic (exact) mass is 318 g/mol. The number of benzene rings is 1. The van der Waals surface area contributed by atoms with Gasteiger partial charge in [0, 0.05) is 5.92 Å². The molecule has 2 N–H and O–H groups in total. The summed E-state index contributed by atoms with van der Waals surface area (Å²) in [5.74, 6) is -1.90. The number of fused-ring (bicyclic) bond motifs is 1. The van der Waals surface area contributed by atoms with Crippen LogP contribution in [0, 0.1) is 11.8 Å². The van der Waals surface area contributed by atoms with Gasteiger partial charge >= 0.3 is 5.97 Å². The first-order valence-corrected chi connectivity index (χ1v) is 7.39. The second-order valence-corrected chi connectivity index (χ2v) is 5.93. The fraction of sp³-hybridized carbons (Fsp3) is 0.412. The van der Waals surface area contributed by atoms with Gasteiger partial charge in [-0.15, -0.1) is 0 Å². The Labute approximate surface area is 133 Å². The summed E-state index contributed by atoms with van der Waals surface area (Å²) in [4.78, 5) is 25.3. The number of hydrogen-bond donors (Lipinski definition) is 2. The Morgan fingerprint density at radius 3 is 2.78 bits per heavy atom. The lowest BCUT2D eigenvalue weighted by atomic mass is 9.76. The molecule has 1 fully saturated rings. The molecule has 6 heteroatoms. The number of aromatic hydroxyl groups is 1. The van der Waals surface area contributed by atoms with Gasteiger partial charge in [-0.2, -0.15) is 0 Å². The molecule has 3 rings (SSSR count). The molecular weight excluding hydrogens is 300 g/mol. The quantitative estimate of drug-likeness (QED) is 0.647. The maximum atomic E-state index is 13.1. The molecule has 6 nitrogen and oxygen atoms in total. The van der Waals surface area contributed by atoms with Crippen LogP contribution in [-0.2, 0) is 9.53 Å². The number of methoxy groups -OCH3 is 1. The highest BCUT2D eigenvalue weighted by Gasteiger charge is 2.64. The SMILES string of the molecule is C=C(CO)[C@@H]1CC[C@@H](C(=O)OC)C12Oc1ccc(O)cc1C2=O. The number of aliphatic hydroxyl groups excluding tert-OH is 1. The van der Waals surface area contributed by atoms with Gasteiger partial charge < -0.3 is 19.7 Å². The maximum absolute atomic E-state index is 13.1. The minimum absolute atomic E-state index is 0.0529. The smallest absolute Gasteiger partial charge is 0.313 e. The third-order valence-electron chi connectivity index (χ3n) is 4.80. The summed E-state index contributed by atoms with van der Waals surface area (Å²) in [6.07, 6.45) is 0.896. The Balaban J connectivity index is 2.13. The number of Topliss-reactive ketones (excluding diaryl/α,β-unsaturated/α-hetero) is 1. The summed E-state index contributed by atoms with van der Waals surface area (Å²) < 4.78 is 10.8. The molecule has 1 unspecified atom stereocenters. The Morgan fingerprint density at radius 2 is 2.13 bits per heavy atom. The number of rotatable bonds is 3. The number of carbonyl (C=O) groups is 2. The van der Waals surface area contributed by atoms with Gasteiger partial charge in [0.1, 0.15) is 17.4 Å². The number of hydrogen-bond acceptors (Lipinski definition) is 6. The molecule has 1 heterocycles. The van der Waals surface area contributed by atoms with E-state index in [0.29, 0.717) is 24.2 Å². The minimum atomic E-state index is -1.46. The lowest BCUT2D eigenvalue weighted by molar-refractivity contribution is -0.150. The van der Waals surface area contributed by atoms with Crippen LogP contribution in [0.25, 0.3) is 0 Å². The van der Waals surface area contributed by atoms with Crippen molar-refractivity contribution >= 4 is 11.8 Å². The molecular formula is C17H18O6. The van der Waals surface area contributed by atoms with E-state index in [2.05, 4.69) is 6.58 Å². The van der Waals surface area contributed by atoms with E-state index in [1.54, 1.807) is 0 Å². The van der Waals surface area contributed by atoms with E-state index in [9.17, 15) is 19.8 Å². The third kappa shape index (κ3) is 2.05. The van der Waals surface area contributed by atoms with E-state index in [-0.39, 0.29) is 23.7 Å². The number of carbonyl (C=O) groups excluding carboxylic acids is 2. The van der Waals surface area contributed by atoms with Crippen molar-refractivity contribution in [1.82, 2.24) is 0 Å². The highest BCUT2D eigenvalue weighted by atomic mass is 16.5. The van der Waals surface area contributed by atoms with Gasteiger partial charge in [0.25, 0.3) is 0 Å². The predicted molar refractivity (Wildman–Crippen MR) is 80.3 cm³/mol. The molecule has 1 spiro atoms. The molecule has 0 amide bonds. The Hall–Kier alpha value is -2.34. The zero-order valence-corrected chi connectivity index (χ0v) is 12.7. The standard InChI is InChI=1S/C17H18O6/c1-9(8-18)12-4-5-13(16(21)22-2)17(12)15(20)11-7-10(19)3-6-14(11)23-17/h3,6-7,12-13,18-19H,1,4-5,8H2,2H3/t12-,13-,17?/m0/s1. The molecule has 0 bridgehead atoms. The zero-order chi connectivity index (χ0) is 16.8. The van der Waals surface area contributed by atoms with Crippen molar-refractivity contribution in [2.24, 2.45) is 11.8 Å². The second-order valence-electron chi connectivity index (χ2n) is 5.93. The summed E-state index contributed by atoms with van der Waals surface area (Å²) in [6, 6.07) is 4.25. The molecule has 1 saturated carbocycles. The van der Waals surface area contributed by atoms with Crippen molar-refractivity contribution in [1.29, 1.82) is 0 Å². The Kier molecular flexibility index (Phi) is 3.64. The molecule has 1 aromatic carbocycles. The number of phenols is 1. The highest BCUT2D eigenvalue weighted by Crippen LogP contribution is 2.53. The molecule has 1 aliphatic carbocycles. The molecule has 23 heavy (non-hydrogen) atoms. The zero-order valence-electron chi connectivity index (χ0n) is 12.7. The summed E-state index contributed by atoms with van der Waals surface area (Å²) in [5, 5.41) is 19.1. The molecule has 0 radical (unpaired) electrons. The van der Waals surface area contributed by atoms with Gasteiger partial charge in [-0.25, -0.2) is 0 Å². The van der Waals surface area contributed by atoms with Crippen LogP contribution in [0.3, 0.4) is 0 Å². The molecule has 1 aliphatic heterocycles. The first-order valence-electron chi connectivity index (χ1n) is 7.39. The number of esters is 1. The fourth-order valence-corrected chi connectivity index (χ4v) is 3.74. The Bertz CT molecular complexity index is 668. The molecule has 0 saturated heterocycles. The maximum Gasteiger partial charge on any atom is 0.313 e. The van der Waals surface area contributed by atoms with Crippen LogP contribution in [0.4, 0.5) is 0 Å². The summed E-state index contributed by atoms with van der Waals surface area (Å²) in [5.41, 5.74) is -0.776. The van der Waals surface area contributed by atoms with Crippen molar-refractivity contribution in [3.05, 3.63) is 35.9 Å². The van der Waals surface area contributed by atoms with E-state index in [1.165, 1.54) is 25.3 Å². The first-order chi connectivity index (χ1) is 11.0. The summed E-state index contributed by atoms with van der Waals surface area (Å²) >= 11 is 0. The largest absolute Gasteiger partial charge is 0.508 e. The van der Waals surface area contributed by atoms with E-state index < -0.39 is 23.4 Å². The predicted octanol–water partition coefficient (Wildman–Crippen LogP) is 1.45. The molecule has 1 aromatic rings. The lowest BCUT2D eigenvalue weighted by Gasteiger charge is -2.33. The average Bonchev–Trinajstić information content (AvgIpc) is 3.06. The average molecular weight is 318 g/mol. The van der Waals surface area contributed by atoms with Crippen LogP contribution in [0.5, 0.6) is 11.5 Å². The van der Waals surface area contributed by atoms with Crippen molar-refractivity contribution < 1.29 is 29.3 Å². The third-order valence-corrected chi connectivity index (χ3v) is 4.80. The number of phenolic OH excluding ortho intramolecular Hbond substituents is 1. The summed E-state index contributed by atoms with van der Waals surface area (Å²) in [6.45, 7) is 3.53. The first kappa shape index (κ1) is 15.6. The second kappa shape index (κ2) is 5.38. The van der Waals surface area contributed by atoms with E-state index in [0.717, 1.165) is 0 Å².